The van der Waals surface area contributed by atoms with Gasteiger partial charge >= 0.3 is 0 Å². The molecule has 4 N–H and O–H groups in total. The summed E-state index contributed by atoms with van der Waals surface area (Å²) in [7, 11) is 0. The van der Waals surface area contributed by atoms with Crippen LogP contribution in [0.2, 0.25) is 0 Å². The van der Waals surface area contributed by atoms with Gasteiger partial charge in [-0.15, -0.1) is 0 Å². The van der Waals surface area contributed by atoms with Crippen LogP contribution in [0.3, 0.4) is 0 Å². The number of halogens is 1. The SMILES string of the molecule is Cc1cc(C(=O)NCc2cccc(Br)c2)ccc1NN. The third-order valence-electron chi connectivity index (χ3n) is 2.99. The minimum absolute atomic E-state index is 0.100. The molecule has 5 heteroatoms. The lowest BCUT2D eigenvalue weighted by Gasteiger charge is -2.09. The van der Waals surface area contributed by atoms with E-state index in [0.717, 1.165) is 21.3 Å². The van der Waals surface area contributed by atoms with Crippen molar-refractivity contribution in [1.29, 1.82) is 0 Å². The van der Waals surface area contributed by atoms with Crippen LogP contribution in [0.15, 0.2) is 46.9 Å². The zero-order valence-electron chi connectivity index (χ0n) is 11.1. The molecule has 0 atom stereocenters. The first-order valence-corrected chi connectivity index (χ1v) is 6.99. The topological polar surface area (TPSA) is 67.2 Å². The van der Waals surface area contributed by atoms with E-state index in [9.17, 15) is 4.79 Å². The van der Waals surface area contributed by atoms with Gasteiger partial charge in [-0.25, -0.2) is 0 Å². The average Bonchev–Trinajstić information content (AvgIpc) is 2.44. The maximum absolute atomic E-state index is 12.1. The number of aryl methyl sites for hydroxylation is 1. The molecule has 0 bridgehead atoms. The highest BCUT2D eigenvalue weighted by molar-refractivity contribution is 9.10. The molecule has 0 unspecified atom stereocenters. The van der Waals surface area contributed by atoms with Crippen LogP contribution in [0.25, 0.3) is 0 Å². The first kappa shape index (κ1) is 14.6. The van der Waals surface area contributed by atoms with Gasteiger partial charge in [-0.2, -0.15) is 0 Å². The minimum atomic E-state index is -0.100. The van der Waals surface area contributed by atoms with Gasteiger partial charge in [-0.1, -0.05) is 28.1 Å². The number of rotatable bonds is 4. The van der Waals surface area contributed by atoms with Crippen LogP contribution in [0.4, 0.5) is 5.69 Å². The number of benzene rings is 2. The Balaban J connectivity index is 2.03. The van der Waals surface area contributed by atoms with Crippen molar-refractivity contribution in [3.63, 3.8) is 0 Å². The average molecular weight is 334 g/mol. The van der Waals surface area contributed by atoms with Crippen molar-refractivity contribution in [2.24, 2.45) is 5.84 Å². The number of hydrogen-bond acceptors (Lipinski definition) is 3. The number of nitrogens with one attached hydrogen (secondary N) is 2. The molecule has 2 aromatic rings. The van der Waals surface area contributed by atoms with E-state index in [1.165, 1.54) is 0 Å². The normalized spacial score (nSPS) is 10.2. The summed E-state index contributed by atoms with van der Waals surface area (Å²) in [6, 6.07) is 13.2. The van der Waals surface area contributed by atoms with Crippen molar-refractivity contribution in [3.8, 4) is 0 Å². The number of hydrazine groups is 1. The Morgan fingerprint density at radius 1 is 1.25 bits per heavy atom. The second kappa shape index (κ2) is 6.54. The van der Waals surface area contributed by atoms with Crippen LogP contribution < -0.4 is 16.6 Å². The Morgan fingerprint density at radius 2 is 2.05 bits per heavy atom. The molecule has 1 amide bonds. The first-order chi connectivity index (χ1) is 9.60. The zero-order chi connectivity index (χ0) is 14.5. The van der Waals surface area contributed by atoms with E-state index in [-0.39, 0.29) is 5.91 Å². The molecule has 0 aliphatic carbocycles. The Hall–Kier alpha value is -1.85. The van der Waals surface area contributed by atoms with Crippen LogP contribution in [0, 0.1) is 6.92 Å². The minimum Gasteiger partial charge on any atom is -0.348 e. The van der Waals surface area contributed by atoms with Gasteiger partial charge in [0, 0.05) is 16.6 Å². The van der Waals surface area contributed by atoms with E-state index in [2.05, 4.69) is 26.7 Å². The predicted molar refractivity (Wildman–Crippen MR) is 84.3 cm³/mol. The van der Waals surface area contributed by atoms with Crippen molar-refractivity contribution in [2.45, 2.75) is 13.5 Å². The third kappa shape index (κ3) is 3.59. The second-order valence-corrected chi connectivity index (χ2v) is 5.40. The largest absolute Gasteiger partial charge is 0.348 e. The van der Waals surface area contributed by atoms with Gasteiger partial charge < -0.3 is 10.7 Å². The molecule has 0 heterocycles. The molecule has 0 saturated carbocycles. The fourth-order valence-corrected chi connectivity index (χ4v) is 2.34. The summed E-state index contributed by atoms with van der Waals surface area (Å²) in [5.74, 6) is 5.27. The Bertz CT molecular complexity index is 628. The molecule has 2 aromatic carbocycles. The highest BCUT2D eigenvalue weighted by Crippen LogP contribution is 2.15. The monoisotopic (exact) mass is 333 g/mol. The molecule has 0 aromatic heterocycles. The maximum atomic E-state index is 12.1. The summed E-state index contributed by atoms with van der Waals surface area (Å²) in [6.07, 6.45) is 0. The summed E-state index contributed by atoms with van der Waals surface area (Å²) in [5, 5.41) is 2.90. The first-order valence-electron chi connectivity index (χ1n) is 6.20. The molecule has 20 heavy (non-hydrogen) atoms. The Kier molecular flexibility index (Phi) is 4.76. The fraction of sp³-hybridized carbons (Fsp3) is 0.133. The van der Waals surface area contributed by atoms with Gasteiger partial charge in [-0.3, -0.25) is 10.6 Å². The van der Waals surface area contributed by atoms with Crippen LogP contribution in [0.1, 0.15) is 21.5 Å². The molecule has 0 aliphatic heterocycles. The van der Waals surface area contributed by atoms with Gasteiger partial charge in [0.25, 0.3) is 5.91 Å². The quantitative estimate of drug-likeness (QED) is 0.595. The summed E-state index contributed by atoms with van der Waals surface area (Å²) in [4.78, 5) is 12.1. The Labute approximate surface area is 126 Å². The summed E-state index contributed by atoms with van der Waals surface area (Å²) in [6.45, 7) is 2.40. The van der Waals surface area contributed by atoms with Gasteiger partial charge in [0.05, 0.1) is 5.69 Å². The summed E-state index contributed by atoms with van der Waals surface area (Å²) < 4.78 is 0.999. The molecule has 0 aliphatic rings. The van der Waals surface area contributed by atoms with Crippen LogP contribution in [-0.2, 0) is 6.54 Å². The van der Waals surface area contributed by atoms with E-state index < -0.39 is 0 Å². The highest BCUT2D eigenvalue weighted by atomic mass is 79.9. The van der Waals surface area contributed by atoms with Crippen molar-refractivity contribution < 1.29 is 4.79 Å². The smallest absolute Gasteiger partial charge is 0.251 e. The van der Waals surface area contributed by atoms with Crippen molar-refractivity contribution in [2.75, 3.05) is 5.43 Å². The van der Waals surface area contributed by atoms with E-state index in [1.54, 1.807) is 12.1 Å². The molecule has 0 radical (unpaired) electrons. The molecular formula is C15H16BrN3O. The Morgan fingerprint density at radius 3 is 2.70 bits per heavy atom. The number of amides is 1. The number of nitrogens with two attached hydrogens (primary N) is 1. The lowest BCUT2D eigenvalue weighted by atomic mass is 10.1. The number of anilines is 1. The van der Waals surface area contributed by atoms with Crippen LogP contribution >= 0.6 is 15.9 Å². The number of hydrogen-bond donors (Lipinski definition) is 3. The lowest BCUT2D eigenvalue weighted by molar-refractivity contribution is 0.0951. The van der Waals surface area contributed by atoms with E-state index >= 15 is 0 Å². The van der Waals surface area contributed by atoms with E-state index in [4.69, 9.17) is 5.84 Å². The maximum Gasteiger partial charge on any atom is 0.251 e. The van der Waals surface area contributed by atoms with E-state index in [1.807, 2.05) is 37.3 Å². The molecule has 4 nitrogen and oxygen atoms in total. The van der Waals surface area contributed by atoms with Crippen LogP contribution in [0.5, 0.6) is 0 Å². The zero-order valence-corrected chi connectivity index (χ0v) is 12.7. The summed E-state index contributed by atoms with van der Waals surface area (Å²) >= 11 is 3.41. The fourth-order valence-electron chi connectivity index (χ4n) is 1.90. The standard InChI is InChI=1S/C15H16BrN3O/c1-10-7-12(5-6-14(10)19-17)15(20)18-9-11-3-2-4-13(16)8-11/h2-8,19H,9,17H2,1H3,(H,18,20). The summed E-state index contributed by atoms with van der Waals surface area (Å²) in [5.41, 5.74) is 6.00. The number of carbonyl (C=O) groups excluding carboxylic acids is 1. The van der Waals surface area contributed by atoms with Gasteiger partial charge in [0.15, 0.2) is 0 Å². The number of carbonyl (C=O) groups is 1. The molecular weight excluding hydrogens is 318 g/mol. The molecule has 0 saturated heterocycles. The van der Waals surface area contributed by atoms with Gasteiger partial charge in [0.2, 0.25) is 0 Å². The lowest BCUT2D eigenvalue weighted by Crippen LogP contribution is -2.23. The van der Waals surface area contributed by atoms with Crippen molar-refractivity contribution in [3.05, 3.63) is 63.6 Å². The predicted octanol–water partition coefficient (Wildman–Crippen LogP) is 2.97. The highest BCUT2D eigenvalue weighted by Gasteiger charge is 2.07. The third-order valence-corrected chi connectivity index (χ3v) is 3.48. The second-order valence-electron chi connectivity index (χ2n) is 4.49. The van der Waals surface area contributed by atoms with Gasteiger partial charge in [0.1, 0.15) is 0 Å². The molecule has 104 valence electrons. The van der Waals surface area contributed by atoms with E-state index in [0.29, 0.717) is 12.1 Å². The van der Waals surface area contributed by atoms with Crippen molar-refractivity contribution >= 4 is 27.5 Å². The van der Waals surface area contributed by atoms with Gasteiger partial charge in [-0.05, 0) is 48.4 Å². The molecule has 0 fully saturated rings. The van der Waals surface area contributed by atoms with Crippen LogP contribution in [-0.4, -0.2) is 5.91 Å². The molecule has 2 rings (SSSR count). The number of nitrogen functional groups attached to an aromatic ring is 1. The van der Waals surface area contributed by atoms with Crippen molar-refractivity contribution in [1.82, 2.24) is 5.32 Å². The molecule has 0 spiro atoms.